The van der Waals surface area contributed by atoms with Crippen LogP contribution in [0.5, 0.6) is 0 Å². The Morgan fingerprint density at radius 2 is 2.14 bits per heavy atom. The number of halogens is 1. The predicted octanol–water partition coefficient (Wildman–Crippen LogP) is 2.86. The Balaban J connectivity index is 2.25. The van der Waals surface area contributed by atoms with E-state index < -0.39 is 16.4 Å². The van der Waals surface area contributed by atoms with Crippen molar-refractivity contribution in [3.05, 3.63) is 63.7 Å². The minimum Gasteiger partial charge on any atom is -0.347 e. The summed E-state index contributed by atoms with van der Waals surface area (Å²) in [5.74, 6) is -0.776. The van der Waals surface area contributed by atoms with Gasteiger partial charge in [0.05, 0.1) is 11.5 Å². The summed E-state index contributed by atoms with van der Waals surface area (Å²) in [7, 11) is 0. The fourth-order valence-corrected chi connectivity index (χ4v) is 2.21. The van der Waals surface area contributed by atoms with Crippen molar-refractivity contribution in [2.45, 2.75) is 32.4 Å². The molecular weight excluding hydrogens is 273 g/mol. The number of hydrogen-bond donors (Lipinski definition) is 1. The summed E-state index contributed by atoms with van der Waals surface area (Å²) in [5, 5.41) is 10.8. The predicted molar refractivity (Wildman–Crippen MR) is 78.6 cm³/mol. The second kappa shape index (κ2) is 6.49. The molecular formula is C15H18FN3O2. The molecule has 2 N–H and O–H groups in total. The number of nitro groups is 1. The maximum Gasteiger partial charge on any atom is 0.305 e. The van der Waals surface area contributed by atoms with Crippen LogP contribution >= 0.6 is 0 Å². The van der Waals surface area contributed by atoms with Crippen LogP contribution in [0.15, 0.2) is 36.5 Å². The van der Waals surface area contributed by atoms with Crippen molar-refractivity contribution < 1.29 is 9.31 Å². The van der Waals surface area contributed by atoms with E-state index in [2.05, 4.69) is 0 Å². The molecule has 0 aliphatic heterocycles. The van der Waals surface area contributed by atoms with E-state index in [9.17, 15) is 14.5 Å². The molecule has 0 aliphatic rings. The lowest BCUT2D eigenvalue weighted by Crippen LogP contribution is -2.23. The standard InChI is InChI=1S/C15H18FN3O2/c1-2-12(17)9-13-6-4-8-18(13)10-11-5-3-7-14(15(11)16)19(20)21/h3-8,12H,2,9-10,17H2,1H3. The normalized spacial score (nSPS) is 12.3. The van der Waals surface area contributed by atoms with Crippen LogP contribution in [0, 0.1) is 15.9 Å². The first kappa shape index (κ1) is 15.2. The second-order valence-corrected chi connectivity index (χ2v) is 5.01. The van der Waals surface area contributed by atoms with Crippen LogP contribution in [0.1, 0.15) is 24.6 Å². The number of nitro benzene ring substituents is 1. The van der Waals surface area contributed by atoms with Crippen molar-refractivity contribution in [1.29, 1.82) is 0 Å². The molecule has 0 saturated heterocycles. The van der Waals surface area contributed by atoms with E-state index >= 15 is 0 Å². The van der Waals surface area contributed by atoms with Gasteiger partial charge in [0, 0.05) is 36.0 Å². The van der Waals surface area contributed by atoms with Gasteiger partial charge >= 0.3 is 5.69 Å². The number of nitrogens with two attached hydrogens (primary N) is 1. The van der Waals surface area contributed by atoms with Crippen LogP contribution in [-0.4, -0.2) is 15.5 Å². The van der Waals surface area contributed by atoms with E-state index in [0.29, 0.717) is 12.0 Å². The molecule has 21 heavy (non-hydrogen) atoms. The Kier molecular flexibility index (Phi) is 4.70. The van der Waals surface area contributed by atoms with Crippen molar-refractivity contribution in [2.24, 2.45) is 5.73 Å². The van der Waals surface area contributed by atoms with E-state index in [1.54, 1.807) is 6.07 Å². The topological polar surface area (TPSA) is 74.1 Å². The molecule has 0 bridgehead atoms. The zero-order chi connectivity index (χ0) is 15.4. The molecule has 0 spiro atoms. The third-order valence-corrected chi connectivity index (χ3v) is 3.51. The van der Waals surface area contributed by atoms with Crippen molar-refractivity contribution in [2.75, 3.05) is 0 Å². The lowest BCUT2D eigenvalue weighted by molar-refractivity contribution is -0.387. The van der Waals surface area contributed by atoms with E-state index in [1.807, 2.05) is 29.8 Å². The van der Waals surface area contributed by atoms with E-state index in [1.165, 1.54) is 12.1 Å². The molecule has 2 rings (SSSR count). The van der Waals surface area contributed by atoms with Crippen LogP contribution < -0.4 is 5.73 Å². The Hall–Kier alpha value is -2.21. The van der Waals surface area contributed by atoms with Gasteiger partial charge in [-0.1, -0.05) is 19.1 Å². The molecule has 0 amide bonds. The number of benzene rings is 1. The van der Waals surface area contributed by atoms with Gasteiger partial charge in [0.1, 0.15) is 0 Å². The number of hydrogen-bond acceptors (Lipinski definition) is 3. The first-order valence-corrected chi connectivity index (χ1v) is 6.84. The summed E-state index contributed by atoms with van der Waals surface area (Å²) in [6.45, 7) is 2.27. The molecule has 0 saturated carbocycles. The van der Waals surface area contributed by atoms with E-state index in [-0.39, 0.29) is 12.6 Å². The van der Waals surface area contributed by atoms with E-state index in [4.69, 9.17) is 5.73 Å². The summed E-state index contributed by atoms with van der Waals surface area (Å²) in [6.07, 6.45) is 3.38. The second-order valence-electron chi connectivity index (χ2n) is 5.01. The smallest absolute Gasteiger partial charge is 0.305 e. The average Bonchev–Trinajstić information content (AvgIpc) is 2.87. The van der Waals surface area contributed by atoms with Crippen LogP contribution in [-0.2, 0) is 13.0 Å². The zero-order valence-corrected chi connectivity index (χ0v) is 11.8. The molecule has 6 heteroatoms. The molecule has 0 radical (unpaired) electrons. The van der Waals surface area contributed by atoms with Crippen LogP contribution in [0.4, 0.5) is 10.1 Å². The van der Waals surface area contributed by atoms with Gasteiger partial charge in [0.15, 0.2) is 0 Å². The fraction of sp³-hybridized carbons (Fsp3) is 0.333. The van der Waals surface area contributed by atoms with Crippen molar-refractivity contribution in [3.63, 3.8) is 0 Å². The molecule has 1 heterocycles. The summed E-state index contributed by atoms with van der Waals surface area (Å²) >= 11 is 0. The van der Waals surface area contributed by atoms with Gasteiger partial charge in [-0.15, -0.1) is 0 Å². The SMILES string of the molecule is CCC(N)Cc1cccn1Cc1cccc([N+](=O)[O-])c1F. The Morgan fingerprint density at radius 3 is 2.81 bits per heavy atom. The highest BCUT2D eigenvalue weighted by molar-refractivity contribution is 5.37. The van der Waals surface area contributed by atoms with Gasteiger partial charge in [-0.3, -0.25) is 10.1 Å². The number of nitrogens with zero attached hydrogens (tertiary/aromatic N) is 2. The van der Waals surface area contributed by atoms with Crippen molar-refractivity contribution in [3.8, 4) is 0 Å². The van der Waals surface area contributed by atoms with Crippen LogP contribution in [0.3, 0.4) is 0 Å². The largest absolute Gasteiger partial charge is 0.347 e. The summed E-state index contributed by atoms with van der Waals surface area (Å²) in [5.41, 5.74) is 6.74. The highest BCUT2D eigenvalue weighted by Gasteiger charge is 2.17. The minimum atomic E-state index is -0.776. The maximum absolute atomic E-state index is 14.1. The Labute approximate surface area is 122 Å². The van der Waals surface area contributed by atoms with Gasteiger partial charge in [-0.05, 0) is 18.6 Å². The van der Waals surface area contributed by atoms with Gasteiger partial charge in [0.2, 0.25) is 5.82 Å². The lowest BCUT2D eigenvalue weighted by Gasteiger charge is -2.13. The van der Waals surface area contributed by atoms with Crippen molar-refractivity contribution >= 4 is 5.69 Å². The fourth-order valence-electron chi connectivity index (χ4n) is 2.21. The monoisotopic (exact) mass is 291 g/mol. The van der Waals surface area contributed by atoms with Crippen LogP contribution in [0.2, 0.25) is 0 Å². The first-order chi connectivity index (χ1) is 10.0. The molecule has 0 fully saturated rings. The minimum absolute atomic E-state index is 0.0496. The van der Waals surface area contributed by atoms with Crippen LogP contribution in [0.25, 0.3) is 0 Å². The molecule has 112 valence electrons. The lowest BCUT2D eigenvalue weighted by atomic mass is 10.1. The summed E-state index contributed by atoms with van der Waals surface area (Å²) < 4.78 is 16.0. The average molecular weight is 291 g/mol. The highest BCUT2D eigenvalue weighted by atomic mass is 19.1. The van der Waals surface area contributed by atoms with Gasteiger partial charge in [-0.2, -0.15) is 4.39 Å². The van der Waals surface area contributed by atoms with Gasteiger partial charge in [0.25, 0.3) is 0 Å². The third kappa shape index (κ3) is 3.46. The molecule has 1 unspecified atom stereocenters. The molecule has 1 aromatic heterocycles. The molecule has 5 nitrogen and oxygen atoms in total. The first-order valence-electron chi connectivity index (χ1n) is 6.84. The molecule has 1 atom stereocenters. The highest BCUT2D eigenvalue weighted by Crippen LogP contribution is 2.21. The summed E-state index contributed by atoms with van der Waals surface area (Å²) in [6, 6.07) is 8.08. The Morgan fingerprint density at radius 1 is 1.38 bits per heavy atom. The van der Waals surface area contributed by atoms with E-state index in [0.717, 1.165) is 12.1 Å². The van der Waals surface area contributed by atoms with Gasteiger partial charge in [-0.25, -0.2) is 0 Å². The quantitative estimate of drug-likeness (QED) is 0.657. The molecule has 0 aliphatic carbocycles. The van der Waals surface area contributed by atoms with Gasteiger partial charge < -0.3 is 10.3 Å². The molecule has 1 aromatic carbocycles. The molecule has 2 aromatic rings. The van der Waals surface area contributed by atoms with Crippen molar-refractivity contribution in [1.82, 2.24) is 4.57 Å². The maximum atomic E-state index is 14.1. The summed E-state index contributed by atoms with van der Waals surface area (Å²) in [4.78, 5) is 10.1. The Bertz CT molecular complexity index is 640. The third-order valence-electron chi connectivity index (χ3n) is 3.51. The zero-order valence-electron chi connectivity index (χ0n) is 11.8. The number of aromatic nitrogens is 1. The number of rotatable bonds is 6.